The Balaban J connectivity index is 0.00000196. The molecule has 5 nitrogen and oxygen atoms in total. The maximum Gasteiger partial charge on any atom is 0.485 e. The minimum atomic E-state index is -6.09. The summed E-state index contributed by atoms with van der Waals surface area (Å²) in [6.07, 6.45) is 44.9. The smallest absolute Gasteiger partial charge is 0.485 e. The maximum atomic E-state index is 10.7. The first-order chi connectivity index (χ1) is 28.6. The number of hydrogen-bond donors (Lipinski definition) is 0. The van der Waals surface area contributed by atoms with E-state index >= 15 is 0 Å². The Labute approximate surface area is 370 Å². The molecule has 2 aromatic carbocycles. The van der Waals surface area contributed by atoms with Gasteiger partial charge in [-0.1, -0.05) is 206 Å². The van der Waals surface area contributed by atoms with E-state index in [1.54, 1.807) is 0 Å². The van der Waals surface area contributed by atoms with Gasteiger partial charge in [-0.05, 0) is 61.4 Å². The molecule has 0 saturated carbocycles. The molecule has 2 aromatic rings. The third-order valence-corrected chi connectivity index (χ3v) is 13.9. The van der Waals surface area contributed by atoms with E-state index in [4.69, 9.17) is 22.4 Å². The van der Waals surface area contributed by atoms with Gasteiger partial charge in [0.05, 0.1) is 13.2 Å². The Hall–Kier alpha value is -1.53. The van der Waals surface area contributed by atoms with Crippen LogP contribution in [0.1, 0.15) is 219 Å². The highest BCUT2D eigenvalue weighted by Gasteiger charge is 2.37. The molecule has 0 amide bonds. The molecule has 0 bridgehead atoms. The van der Waals surface area contributed by atoms with Gasteiger partial charge in [-0.3, -0.25) is 0 Å². The highest BCUT2D eigenvalue weighted by atomic mass is 127. The first kappa shape index (κ1) is 55.5. The van der Waals surface area contributed by atoms with E-state index < -0.39 is 15.6 Å². The van der Waals surface area contributed by atoms with E-state index in [0.29, 0.717) is 0 Å². The second-order valence-corrected chi connectivity index (χ2v) is 20.6. The average molecular weight is 967 g/mol. The summed E-state index contributed by atoms with van der Waals surface area (Å²) in [5.74, 6) is 2.03. The molecule has 0 aliphatic rings. The van der Waals surface area contributed by atoms with Crippen molar-refractivity contribution in [1.82, 2.24) is 0 Å². The normalized spacial score (nSPS) is 11.7. The summed E-state index contributed by atoms with van der Waals surface area (Å²) < 4.78 is 73.9. The van der Waals surface area contributed by atoms with Gasteiger partial charge >= 0.3 is 26.7 Å². The van der Waals surface area contributed by atoms with E-state index in [1.165, 1.54) is 213 Å². The minimum Gasteiger partial charge on any atom is -0.741 e. The van der Waals surface area contributed by atoms with Crippen molar-refractivity contribution < 1.29 is 56.8 Å². The molecule has 0 aliphatic heterocycles. The first-order valence-corrected chi connectivity index (χ1v) is 27.3. The van der Waals surface area contributed by atoms with Crippen molar-refractivity contribution in [3.05, 3.63) is 55.7 Å². The van der Waals surface area contributed by atoms with E-state index in [0.717, 1.165) is 24.7 Å². The van der Waals surface area contributed by atoms with Crippen LogP contribution < -0.4 is 30.7 Å². The largest absolute Gasteiger partial charge is 0.741 e. The van der Waals surface area contributed by atoms with Gasteiger partial charge in [-0.25, -0.2) is 8.42 Å². The summed E-state index contributed by atoms with van der Waals surface area (Å²) in [5, 5.41) is 0. The molecule has 10 heteroatoms. The lowest BCUT2D eigenvalue weighted by atomic mass is 10.0. The van der Waals surface area contributed by atoms with Crippen molar-refractivity contribution in [3.8, 4) is 11.5 Å². The summed E-state index contributed by atoms with van der Waals surface area (Å²) >= 11 is -0.181. The topological polar surface area (TPSA) is 75.7 Å². The summed E-state index contributed by atoms with van der Waals surface area (Å²) in [4.78, 5) is 0. The minimum absolute atomic E-state index is 0.181. The number of ether oxygens (including phenoxy) is 2. The monoisotopic (exact) mass is 966 g/mol. The second kappa shape index (κ2) is 38.2. The van der Waals surface area contributed by atoms with Crippen LogP contribution in [0, 0.1) is 7.14 Å². The van der Waals surface area contributed by atoms with Crippen LogP contribution >= 0.6 is 0 Å². The Bertz CT molecular complexity index is 1230. The van der Waals surface area contributed by atoms with Crippen LogP contribution in [0.15, 0.2) is 48.5 Å². The Morgan fingerprint density at radius 1 is 0.424 bits per heavy atom. The molecule has 0 saturated heterocycles. The van der Waals surface area contributed by atoms with E-state index in [-0.39, 0.29) is 21.2 Å². The molecule has 0 N–H and O–H groups in total. The lowest BCUT2D eigenvalue weighted by Crippen LogP contribution is -3.61. The van der Waals surface area contributed by atoms with Gasteiger partial charge in [-0.2, -0.15) is 13.2 Å². The Morgan fingerprint density at radius 2 is 0.627 bits per heavy atom. The van der Waals surface area contributed by atoms with Crippen LogP contribution in [0.4, 0.5) is 13.2 Å². The van der Waals surface area contributed by atoms with E-state index in [1.807, 2.05) is 0 Å². The second-order valence-electron chi connectivity index (χ2n) is 16.2. The standard InChI is InChI=1S/C48H82IO2.CHF3O3S/c1-3-5-7-9-11-13-15-17-19-21-23-25-27-29-31-33-43-50-47-39-35-45(36-40-47)49-46-37-41-48(42-38-46)51-44-34-32-30-28-26-24-22-20-18-16-14-12-10-8-6-4-2;2-1(3,4)8(5,6)7/h35-42H,3-34,43-44H2,1-2H3;(H,5,6,7)/q+1;/p-1. The maximum absolute atomic E-state index is 10.7. The van der Waals surface area contributed by atoms with Crippen molar-refractivity contribution in [1.29, 1.82) is 0 Å². The third-order valence-electron chi connectivity index (χ3n) is 10.7. The molecule has 0 heterocycles. The number of hydrogen-bond acceptors (Lipinski definition) is 5. The molecule has 2 rings (SSSR count). The van der Waals surface area contributed by atoms with Crippen molar-refractivity contribution in [2.75, 3.05) is 13.2 Å². The third kappa shape index (κ3) is 34.7. The molecule has 0 aliphatic carbocycles. The van der Waals surface area contributed by atoms with Gasteiger partial charge in [0.2, 0.25) is 0 Å². The number of rotatable bonds is 38. The van der Waals surface area contributed by atoms with Crippen LogP contribution in [0.5, 0.6) is 11.5 Å². The molecular weight excluding hydrogens is 884 g/mol. The van der Waals surface area contributed by atoms with Crippen LogP contribution in [0.3, 0.4) is 0 Å². The van der Waals surface area contributed by atoms with Crippen molar-refractivity contribution in [2.45, 2.75) is 225 Å². The molecule has 0 spiro atoms. The van der Waals surface area contributed by atoms with Gasteiger partial charge < -0.3 is 14.0 Å². The van der Waals surface area contributed by atoms with Gasteiger partial charge in [0, 0.05) is 0 Å². The fraction of sp³-hybridized carbons (Fsp3) is 0.755. The fourth-order valence-corrected chi connectivity index (χ4v) is 9.15. The predicted octanol–water partition coefficient (Wildman–Crippen LogP) is 13.1. The van der Waals surface area contributed by atoms with E-state index in [2.05, 4.69) is 62.4 Å². The highest BCUT2D eigenvalue weighted by Crippen LogP contribution is 2.21. The Kier molecular flexibility index (Phi) is 35.9. The van der Waals surface area contributed by atoms with Crippen molar-refractivity contribution in [3.63, 3.8) is 0 Å². The zero-order chi connectivity index (χ0) is 43.1. The quantitative estimate of drug-likeness (QED) is 0.0290. The van der Waals surface area contributed by atoms with Crippen LogP contribution in [-0.4, -0.2) is 31.7 Å². The number of alkyl halides is 3. The fourth-order valence-electron chi connectivity index (χ4n) is 6.99. The van der Waals surface area contributed by atoms with Crippen molar-refractivity contribution in [2.24, 2.45) is 0 Å². The van der Waals surface area contributed by atoms with Crippen molar-refractivity contribution >= 4 is 10.1 Å². The summed E-state index contributed by atoms with van der Waals surface area (Å²) in [5.41, 5.74) is -5.65. The van der Waals surface area contributed by atoms with Crippen LogP contribution in [0.2, 0.25) is 0 Å². The molecular formula is C49H82F3IO5S. The first-order valence-electron chi connectivity index (χ1n) is 23.7. The number of unbranched alkanes of at least 4 members (excludes halogenated alkanes) is 30. The van der Waals surface area contributed by atoms with Gasteiger partial charge in [-0.15, -0.1) is 0 Å². The predicted molar refractivity (Wildman–Crippen MR) is 236 cm³/mol. The molecule has 0 atom stereocenters. The zero-order valence-corrected chi connectivity index (χ0v) is 40.1. The lowest BCUT2D eigenvalue weighted by molar-refractivity contribution is -0.597. The lowest BCUT2D eigenvalue weighted by Gasteiger charge is -2.08. The van der Waals surface area contributed by atoms with E-state index in [9.17, 15) is 13.2 Å². The summed E-state index contributed by atoms with van der Waals surface area (Å²) in [6, 6.07) is 17.7. The molecule has 342 valence electrons. The highest BCUT2D eigenvalue weighted by molar-refractivity contribution is 7.86. The van der Waals surface area contributed by atoms with Gasteiger partial charge in [0.15, 0.2) is 17.3 Å². The molecule has 59 heavy (non-hydrogen) atoms. The van der Waals surface area contributed by atoms with Crippen LogP contribution in [0.25, 0.3) is 0 Å². The van der Waals surface area contributed by atoms with Gasteiger partial charge in [0.25, 0.3) is 0 Å². The molecule has 0 aromatic heterocycles. The number of benzene rings is 2. The summed E-state index contributed by atoms with van der Waals surface area (Å²) in [6.45, 7) is 6.28. The number of halogens is 4. The van der Waals surface area contributed by atoms with Gasteiger partial charge in [0.1, 0.15) is 11.5 Å². The summed E-state index contributed by atoms with van der Waals surface area (Å²) in [7, 11) is -6.09. The molecule has 0 unspecified atom stereocenters. The molecule has 0 fully saturated rings. The SMILES string of the molecule is CCCCCCCCCCCCCCCCCCOc1ccc([I+]c2ccc(OCCCCCCCCCCCCCCCCCC)cc2)cc1.O=S(=O)([O-])C(F)(F)F. The average Bonchev–Trinajstić information content (AvgIpc) is 3.21. The molecule has 0 radical (unpaired) electrons. The zero-order valence-electron chi connectivity index (χ0n) is 37.1. The Morgan fingerprint density at radius 3 is 0.831 bits per heavy atom. The van der Waals surface area contributed by atoms with Crippen LogP contribution in [-0.2, 0) is 10.1 Å².